The first kappa shape index (κ1) is 22.2. The molecule has 2 aromatic carbocycles. The molecule has 0 radical (unpaired) electrons. The van der Waals surface area contributed by atoms with Gasteiger partial charge in [0.05, 0.1) is 17.8 Å². The molecule has 4 aromatic rings. The van der Waals surface area contributed by atoms with Crippen molar-refractivity contribution in [3.8, 4) is 11.5 Å². The monoisotopic (exact) mass is 453 g/mol. The van der Waals surface area contributed by atoms with Crippen molar-refractivity contribution in [2.24, 2.45) is 5.92 Å². The van der Waals surface area contributed by atoms with Crippen molar-refractivity contribution >= 4 is 5.91 Å². The zero-order valence-electron chi connectivity index (χ0n) is 19.6. The number of rotatable bonds is 7. The molecule has 0 aliphatic carbocycles. The zero-order chi connectivity index (χ0) is 23.3. The third-order valence-corrected chi connectivity index (χ3v) is 6.52. The summed E-state index contributed by atoms with van der Waals surface area (Å²) in [4.78, 5) is 15.3. The van der Waals surface area contributed by atoms with Crippen LogP contribution in [0, 0.1) is 12.8 Å². The molecule has 3 heterocycles. The maximum absolute atomic E-state index is 12.9. The summed E-state index contributed by atoms with van der Waals surface area (Å²) >= 11 is 0. The van der Waals surface area contributed by atoms with Crippen molar-refractivity contribution in [2.75, 3.05) is 13.1 Å². The van der Waals surface area contributed by atoms with E-state index in [-0.39, 0.29) is 11.8 Å². The molecule has 1 atom stereocenters. The van der Waals surface area contributed by atoms with Crippen LogP contribution in [0.1, 0.15) is 29.5 Å². The Hall–Kier alpha value is -3.64. The summed E-state index contributed by atoms with van der Waals surface area (Å²) in [5, 5.41) is 7.87. The molecular weight excluding hydrogens is 422 g/mol. The second-order valence-corrected chi connectivity index (χ2v) is 9.11. The summed E-state index contributed by atoms with van der Waals surface area (Å²) in [6.07, 6.45) is 8.02. The van der Waals surface area contributed by atoms with E-state index < -0.39 is 0 Å². The molecule has 2 aromatic heterocycles. The van der Waals surface area contributed by atoms with Gasteiger partial charge in [-0.3, -0.25) is 9.69 Å². The maximum Gasteiger partial charge on any atom is 0.224 e. The third kappa shape index (κ3) is 4.97. The van der Waals surface area contributed by atoms with Crippen LogP contribution < -0.4 is 5.32 Å². The Labute approximate surface area is 200 Å². The standard InChI is InChI=1S/C28H31N5O/c1-22-11-13-23(14-12-22)18-29-27(34)24-8-7-15-31(20-24)21-25-19-30-33(26-9-3-2-4-10-26)28(25)32-16-5-6-17-32/h2-6,9-14,16-17,19,24H,7-8,15,18,20-21H2,1H3,(H,29,34)/t24-/m0/s1. The fourth-order valence-corrected chi connectivity index (χ4v) is 4.69. The highest BCUT2D eigenvalue weighted by molar-refractivity contribution is 5.79. The number of para-hydroxylation sites is 1. The van der Waals surface area contributed by atoms with Crippen molar-refractivity contribution < 1.29 is 4.79 Å². The van der Waals surface area contributed by atoms with E-state index >= 15 is 0 Å². The molecule has 34 heavy (non-hydrogen) atoms. The number of nitrogens with one attached hydrogen (secondary N) is 1. The summed E-state index contributed by atoms with van der Waals surface area (Å²) in [5.74, 6) is 1.21. The van der Waals surface area contributed by atoms with Crippen molar-refractivity contribution in [3.05, 3.63) is 102 Å². The average Bonchev–Trinajstić information content (AvgIpc) is 3.54. The van der Waals surface area contributed by atoms with Crippen LogP contribution in [-0.2, 0) is 17.9 Å². The molecule has 6 heteroatoms. The number of benzene rings is 2. The maximum atomic E-state index is 12.9. The molecule has 1 amide bonds. The molecule has 1 N–H and O–H groups in total. The molecule has 0 saturated carbocycles. The second-order valence-electron chi connectivity index (χ2n) is 9.11. The quantitative estimate of drug-likeness (QED) is 0.448. The van der Waals surface area contributed by atoms with Gasteiger partial charge in [-0.1, -0.05) is 48.0 Å². The first-order valence-corrected chi connectivity index (χ1v) is 12.0. The predicted octanol–water partition coefficient (Wildman–Crippen LogP) is 4.50. The lowest BCUT2D eigenvalue weighted by Crippen LogP contribution is -2.42. The predicted molar refractivity (Wildman–Crippen MR) is 134 cm³/mol. The largest absolute Gasteiger partial charge is 0.352 e. The lowest BCUT2D eigenvalue weighted by atomic mass is 9.96. The van der Waals surface area contributed by atoms with Gasteiger partial charge in [-0.05, 0) is 56.1 Å². The number of amides is 1. The molecule has 174 valence electrons. The average molecular weight is 454 g/mol. The van der Waals surface area contributed by atoms with Gasteiger partial charge >= 0.3 is 0 Å². The first-order valence-electron chi connectivity index (χ1n) is 12.0. The minimum Gasteiger partial charge on any atom is -0.352 e. The van der Waals surface area contributed by atoms with Crippen LogP contribution in [0.3, 0.4) is 0 Å². The van der Waals surface area contributed by atoms with Gasteiger partial charge in [-0.15, -0.1) is 0 Å². The molecule has 0 bridgehead atoms. The van der Waals surface area contributed by atoms with E-state index in [0.29, 0.717) is 6.54 Å². The van der Waals surface area contributed by atoms with Crippen LogP contribution in [0.2, 0.25) is 0 Å². The minimum atomic E-state index is 0.0124. The van der Waals surface area contributed by atoms with E-state index in [2.05, 4.69) is 70.5 Å². The Morgan fingerprint density at radius 2 is 1.79 bits per heavy atom. The lowest BCUT2D eigenvalue weighted by molar-refractivity contribution is -0.126. The summed E-state index contributed by atoms with van der Waals surface area (Å²) in [7, 11) is 0. The van der Waals surface area contributed by atoms with Crippen LogP contribution in [-0.4, -0.2) is 38.2 Å². The van der Waals surface area contributed by atoms with Gasteiger partial charge in [0.15, 0.2) is 0 Å². The Morgan fingerprint density at radius 1 is 1.03 bits per heavy atom. The number of aryl methyl sites for hydroxylation is 1. The molecule has 1 aliphatic heterocycles. The second kappa shape index (κ2) is 10.1. The molecule has 5 rings (SSSR count). The topological polar surface area (TPSA) is 55.1 Å². The van der Waals surface area contributed by atoms with E-state index in [0.717, 1.165) is 55.1 Å². The minimum absolute atomic E-state index is 0.0124. The highest BCUT2D eigenvalue weighted by Crippen LogP contribution is 2.24. The zero-order valence-corrected chi connectivity index (χ0v) is 19.6. The van der Waals surface area contributed by atoms with Crippen molar-refractivity contribution in [2.45, 2.75) is 32.9 Å². The SMILES string of the molecule is Cc1ccc(CNC(=O)[C@H]2CCCN(Cc3cnn(-c4ccccc4)c3-n3cccc3)C2)cc1. The summed E-state index contributed by atoms with van der Waals surface area (Å²) in [5.41, 5.74) is 4.55. The molecular formula is C28H31N5O. The van der Waals surface area contributed by atoms with Crippen LogP contribution in [0.25, 0.3) is 11.5 Å². The lowest BCUT2D eigenvalue weighted by Gasteiger charge is -2.32. The smallest absolute Gasteiger partial charge is 0.224 e. The van der Waals surface area contributed by atoms with Gasteiger partial charge < -0.3 is 9.88 Å². The highest BCUT2D eigenvalue weighted by atomic mass is 16.1. The van der Waals surface area contributed by atoms with Crippen LogP contribution in [0.5, 0.6) is 0 Å². The third-order valence-electron chi connectivity index (χ3n) is 6.52. The van der Waals surface area contributed by atoms with Crippen molar-refractivity contribution in [1.82, 2.24) is 24.6 Å². The molecule has 1 aliphatic rings. The fourth-order valence-electron chi connectivity index (χ4n) is 4.69. The van der Waals surface area contributed by atoms with Crippen LogP contribution in [0.4, 0.5) is 0 Å². The van der Waals surface area contributed by atoms with E-state index in [9.17, 15) is 4.79 Å². The van der Waals surface area contributed by atoms with Crippen molar-refractivity contribution in [1.29, 1.82) is 0 Å². The Morgan fingerprint density at radius 3 is 2.56 bits per heavy atom. The van der Waals surface area contributed by atoms with E-state index in [1.165, 1.54) is 5.56 Å². The molecule has 0 spiro atoms. The molecule has 6 nitrogen and oxygen atoms in total. The molecule has 1 fully saturated rings. The Balaban J connectivity index is 1.28. The van der Waals surface area contributed by atoms with Crippen LogP contribution >= 0.6 is 0 Å². The number of aromatic nitrogens is 3. The first-order chi connectivity index (χ1) is 16.7. The highest BCUT2D eigenvalue weighted by Gasteiger charge is 2.27. The number of likely N-dealkylation sites (tertiary alicyclic amines) is 1. The molecule has 1 saturated heterocycles. The van der Waals surface area contributed by atoms with Gasteiger partial charge in [-0.2, -0.15) is 5.10 Å². The summed E-state index contributed by atoms with van der Waals surface area (Å²) < 4.78 is 4.11. The number of nitrogens with zero attached hydrogens (tertiary/aromatic N) is 4. The van der Waals surface area contributed by atoms with Crippen molar-refractivity contribution in [3.63, 3.8) is 0 Å². The van der Waals surface area contributed by atoms with Crippen LogP contribution in [0.15, 0.2) is 85.3 Å². The number of carbonyl (C=O) groups is 1. The fraction of sp³-hybridized carbons (Fsp3) is 0.286. The summed E-state index contributed by atoms with van der Waals surface area (Å²) in [6, 6.07) is 22.6. The normalized spacial score (nSPS) is 16.4. The number of piperidine rings is 1. The number of hydrogen-bond donors (Lipinski definition) is 1. The van der Waals surface area contributed by atoms with Gasteiger partial charge in [0.25, 0.3) is 0 Å². The van der Waals surface area contributed by atoms with Gasteiger partial charge in [0.1, 0.15) is 5.82 Å². The Kier molecular flexibility index (Phi) is 6.58. The number of hydrogen-bond acceptors (Lipinski definition) is 3. The van der Waals surface area contributed by atoms with E-state index in [4.69, 9.17) is 5.10 Å². The van der Waals surface area contributed by atoms with E-state index in [1.54, 1.807) is 0 Å². The van der Waals surface area contributed by atoms with E-state index in [1.807, 2.05) is 41.2 Å². The van der Waals surface area contributed by atoms with Gasteiger partial charge in [0.2, 0.25) is 5.91 Å². The van der Waals surface area contributed by atoms with Gasteiger partial charge in [0, 0.05) is 37.6 Å². The summed E-state index contributed by atoms with van der Waals surface area (Å²) in [6.45, 7) is 5.17. The number of carbonyl (C=O) groups excluding carboxylic acids is 1. The molecule has 0 unspecified atom stereocenters. The van der Waals surface area contributed by atoms with Gasteiger partial charge in [-0.25, -0.2) is 4.68 Å². The Bertz CT molecular complexity index is 1210.